The smallest absolute Gasteiger partial charge is 0.305 e. The first-order valence-corrected chi connectivity index (χ1v) is 10.5. The van der Waals surface area contributed by atoms with E-state index >= 15 is 0 Å². The minimum atomic E-state index is -1.03. The zero-order valence-corrected chi connectivity index (χ0v) is 18.7. The predicted octanol–water partition coefficient (Wildman–Crippen LogP) is 6.01. The van der Waals surface area contributed by atoms with E-state index in [4.69, 9.17) is 18.2 Å². The number of imide groups is 1. The third-order valence-corrected chi connectivity index (χ3v) is 6.31. The SMILES string of the molecule is [C-]#[N+]c1ccc(N2C(=O)N(Cc3ccc(-c4ccncc4)cc3)C(C)(C)C2=O)c(C)c1Cl. The molecule has 1 aromatic heterocycles. The van der Waals surface area contributed by atoms with Gasteiger partial charge in [-0.25, -0.2) is 14.5 Å². The van der Waals surface area contributed by atoms with Crippen LogP contribution < -0.4 is 4.90 Å². The average Bonchev–Trinajstić information content (AvgIpc) is 2.96. The molecular weight excluding hydrogens is 424 g/mol. The average molecular weight is 445 g/mol. The van der Waals surface area contributed by atoms with Crippen LogP contribution in [0.25, 0.3) is 16.0 Å². The number of anilines is 1. The molecule has 160 valence electrons. The highest BCUT2D eigenvalue weighted by atomic mass is 35.5. The monoisotopic (exact) mass is 444 g/mol. The minimum Gasteiger partial charge on any atom is -0.305 e. The molecule has 2 heterocycles. The van der Waals surface area contributed by atoms with Crippen LogP contribution >= 0.6 is 11.6 Å². The molecular formula is C25H21ClN4O2. The summed E-state index contributed by atoms with van der Waals surface area (Å²) in [6, 6.07) is 14.5. The number of hydrogen-bond acceptors (Lipinski definition) is 3. The van der Waals surface area contributed by atoms with Crippen LogP contribution in [0, 0.1) is 13.5 Å². The zero-order valence-electron chi connectivity index (χ0n) is 18.0. The predicted molar refractivity (Wildman–Crippen MR) is 125 cm³/mol. The van der Waals surface area contributed by atoms with Crippen molar-refractivity contribution in [1.29, 1.82) is 0 Å². The number of pyridine rings is 1. The summed E-state index contributed by atoms with van der Waals surface area (Å²) >= 11 is 6.29. The number of rotatable bonds is 4. The molecule has 7 heteroatoms. The molecule has 0 atom stereocenters. The topological polar surface area (TPSA) is 57.9 Å². The van der Waals surface area contributed by atoms with Crippen molar-refractivity contribution in [3.05, 3.63) is 88.5 Å². The Morgan fingerprint density at radius 2 is 1.62 bits per heavy atom. The normalized spacial score (nSPS) is 15.2. The number of carbonyl (C=O) groups excluding carboxylic acids is 2. The highest BCUT2D eigenvalue weighted by Crippen LogP contribution is 2.39. The number of amides is 3. The van der Waals surface area contributed by atoms with Crippen LogP contribution in [0.2, 0.25) is 5.02 Å². The van der Waals surface area contributed by atoms with E-state index in [1.165, 1.54) is 11.0 Å². The lowest BCUT2D eigenvalue weighted by atomic mass is 10.0. The molecule has 0 saturated carbocycles. The van der Waals surface area contributed by atoms with Crippen molar-refractivity contribution in [3.63, 3.8) is 0 Å². The molecule has 1 fully saturated rings. The first-order chi connectivity index (χ1) is 15.3. The first-order valence-electron chi connectivity index (χ1n) is 10.1. The van der Waals surface area contributed by atoms with E-state index < -0.39 is 11.6 Å². The molecule has 0 bridgehead atoms. The summed E-state index contributed by atoms with van der Waals surface area (Å²) in [4.78, 5) is 36.8. The molecule has 0 unspecified atom stereocenters. The lowest BCUT2D eigenvalue weighted by Gasteiger charge is -2.27. The Morgan fingerprint density at radius 3 is 2.25 bits per heavy atom. The molecule has 1 saturated heterocycles. The Balaban J connectivity index is 1.63. The Bertz CT molecular complexity index is 1250. The van der Waals surface area contributed by atoms with Gasteiger partial charge in [-0.1, -0.05) is 41.9 Å². The van der Waals surface area contributed by atoms with Gasteiger partial charge in [-0.2, -0.15) is 0 Å². The van der Waals surface area contributed by atoms with Gasteiger partial charge in [0.2, 0.25) is 5.69 Å². The summed E-state index contributed by atoms with van der Waals surface area (Å²) in [6.45, 7) is 12.7. The fourth-order valence-electron chi connectivity index (χ4n) is 3.83. The Hall–Kier alpha value is -3.69. The molecule has 3 aromatic rings. The fraction of sp³-hybridized carbons (Fsp3) is 0.200. The highest BCUT2D eigenvalue weighted by molar-refractivity contribution is 6.35. The van der Waals surface area contributed by atoms with Crippen LogP contribution in [0.4, 0.5) is 16.2 Å². The molecule has 0 radical (unpaired) electrons. The second-order valence-corrected chi connectivity index (χ2v) is 8.53. The van der Waals surface area contributed by atoms with Crippen LogP contribution in [0.5, 0.6) is 0 Å². The molecule has 3 amide bonds. The van der Waals surface area contributed by atoms with Crippen molar-refractivity contribution >= 4 is 34.9 Å². The van der Waals surface area contributed by atoms with Gasteiger partial charge in [0, 0.05) is 18.9 Å². The Morgan fingerprint density at radius 1 is 1.00 bits per heavy atom. The lowest BCUT2D eigenvalue weighted by molar-refractivity contribution is -0.123. The molecule has 0 aliphatic carbocycles. The quantitative estimate of drug-likeness (QED) is 0.366. The first kappa shape index (κ1) is 21.5. The number of halogens is 1. The van der Waals surface area contributed by atoms with Crippen LogP contribution in [0.15, 0.2) is 60.9 Å². The van der Waals surface area contributed by atoms with Crippen LogP contribution in [0.3, 0.4) is 0 Å². The summed E-state index contributed by atoms with van der Waals surface area (Å²) in [5.74, 6) is -0.328. The molecule has 2 aromatic carbocycles. The molecule has 32 heavy (non-hydrogen) atoms. The van der Waals surface area contributed by atoms with Crippen molar-refractivity contribution in [2.24, 2.45) is 0 Å². The number of urea groups is 1. The van der Waals surface area contributed by atoms with Crippen molar-refractivity contribution in [2.75, 3.05) is 4.90 Å². The van der Waals surface area contributed by atoms with Crippen LogP contribution in [-0.4, -0.2) is 27.4 Å². The maximum Gasteiger partial charge on any atom is 0.332 e. The summed E-state index contributed by atoms with van der Waals surface area (Å²) in [5.41, 5.74) is 3.21. The van der Waals surface area contributed by atoms with E-state index in [2.05, 4.69) is 9.83 Å². The van der Waals surface area contributed by atoms with Gasteiger partial charge in [0.15, 0.2) is 0 Å². The molecule has 1 aliphatic heterocycles. The number of nitrogens with zero attached hydrogens (tertiary/aromatic N) is 4. The van der Waals surface area contributed by atoms with Gasteiger partial charge < -0.3 is 4.90 Å². The van der Waals surface area contributed by atoms with E-state index in [0.717, 1.165) is 16.7 Å². The summed E-state index contributed by atoms with van der Waals surface area (Å²) in [5, 5.41) is 0.251. The standard InChI is InChI=1S/C25H21ClN4O2/c1-16-21(10-9-20(27-4)22(16)26)30-23(31)25(2,3)29(24(30)32)15-17-5-7-18(8-6-17)19-11-13-28-14-12-19/h5-14H,15H2,1-3H3. The molecule has 6 nitrogen and oxygen atoms in total. The summed E-state index contributed by atoms with van der Waals surface area (Å²) < 4.78 is 0. The summed E-state index contributed by atoms with van der Waals surface area (Å²) in [6.07, 6.45) is 3.49. The van der Waals surface area contributed by atoms with Gasteiger partial charge in [0.1, 0.15) is 5.54 Å². The molecule has 0 spiro atoms. The van der Waals surface area contributed by atoms with Gasteiger partial charge in [0.25, 0.3) is 5.91 Å². The van der Waals surface area contributed by atoms with Gasteiger partial charge >= 0.3 is 6.03 Å². The number of benzene rings is 2. The van der Waals surface area contributed by atoms with Crippen molar-refractivity contribution in [2.45, 2.75) is 32.9 Å². The Labute approximate surface area is 191 Å². The maximum absolute atomic E-state index is 13.4. The number of carbonyl (C=O) groups is 2. The highest BCUT2D eigenvalue weighted by Gasteiger charge is 2.52. The third kappa shape index (κ3) is 3.51. The lowest BCUT2D eigenvalue weighted by Crippen LogP contribution is -2.43. The van der Waals surface area contributed by atoms with Crippen LogP contribution in [-0.2, 0) is 11.3 Å². The van der Waals surface area contributed by atoms with E-state index in [1.807, 2.05) is 36.4 Å². The van der Waals surface area contributed by atoms with Crippen molar-refractivity contribution in [3.8, 4) is 11.1 Å². The van der Waals surface area contributed by atoms with Crippen molar-refractivity contribution < 1.29 is 9.59 Å². The van der Waals surface area contributed by atoms with Gasteiger partial charge in [0.05, 0.1) is 17.3 Å². The largest absolute Gasteiger partial charge is 0.332 e. The van der Waals surface area contributed by atoms with E-state index in [0.29, 0.717) is 11.3 Å². The summed E-state index contributed by atoms with van der Waals surface area (Å²) in [7, 11) is 0. The number of aromatic nitrogens is 1. The fourth-order valence-corrected chi connectivity index (χ4v) is 4.03. The second kappa shape index (κ2) is 8.10. The van der Waals surface area contributed by atoms with Crippen molar-refractivity contribution in [1.82, 2.24) is 9.88 Å². The van der Waals surface area contributed by atoms with E-state index in [1.54, 1.807) is 44.1 Å². The molecule has 0 N–H and O–H groups in total. The number of hydrogen-bond donors (Lipinski definition) is 0. The van der Waals surface area contributed by atoms with Gasteiger partial charge in [-0.05, 0) is 61.2 Å². The van der Waals surface area contributed by atoms with Crippen LogP contribution in [0.1, 0.15) is 25.0 Å². The van der Waals surface area contributed by atoms with E-state index in [-0.39, 0.29) is 23.2 Å². The zero-order chi connectivity index (χ0) is 23.0. The Kier molecular flexibility index (Phi) is 5.45. The molecule has 4 rings (SSSR count). The van der Waals surface area contributed by atoms with Gasteiger partial charge in [-0.3, -0.25) is 9.78 Å². The second-order valence-electron chi connectivity index (χ2n) is 8.16. The van der Waals surface area contributed by atoms with E-state index in [9.17, 15) is 9.59 Å². The minimum absolute atomic E-state index is 0.251. The maximum atomic E-state index is 13.4. The van der Waals surface area contributed by atoms with Gasteiger partial charge in [-0.15, -0.1) is 0 Å². The third-order valence-electron chi connectivity index (χ3n) is 5.83. The molecule has 1 aliphatic rings.